The third-order valence-corrected chi connectivity index (χ3v) is 13.4. The van der Waals surface area contributed by atoms with Gasteiger partial charge >= 0.3 is 0 Å². The van der Waals surface area contributed by atoms with Crippen molar-refractivity contribution in [3.8, 4) is 16.8 Å². The minimum Gasteiger partial charge on any atom is -0.309 e. The third kappa shape index (κ3) is 4.66. The largest absolute Gasteiger partial charge is 0.309 e. The molecule has 0 aliphatic heterocycles. The maximum atomic E-state index is 2.62. The van der Waals surface area contributed by atoms with E-state index in [1.54, 1.807) is 0 Å². The van der Waals surface area contributed by atoms with Crippen molar-refractivity contribution in [1.82, 2.24) is 4.57 Å². The van der Waals surface area contributed by atoms with Gasteiger partial charge in [-0.15, -0.1) is 0 Å². The molecule has 1 aromatic heterocycles. The number of hydrogen-bond donors (Lipinski definition) is 0. The lowest BCUT2D eigenvalue weighted by molar-refractivity contribution is 0.191. The molecular formula is C54H43N. The SMILES string of the molecule is CC1(C)c2cc3c4ccccc4c4ccccc4c3cc2C(C)(C)C2C=C(c3ccc4c(c3)c3cc(-c5ccccc5)ccc3n4-c3ccccc3)C=CC21. The lowest BCUT2D eigenvalue weighted by Crippen LogP contribution is -2.48. The van der Waals surface area contributed by atoms with Gasteiger partial charge in [0.25, 0.3) is 0 Å². The molecule has 0 fully saturated rings. The van der Waals surface area contributed by atoms with Crippen LogP contribution in [0.25, 0.3) is 76.5 Å². The fourth-order valence-electron chi connectivity index (χ4n) is 10.5. The molecule has 9 aromatic rings. The maximum absolute atomic E-state index is 2.62. The van der Waals surface area contributed by atoms with Crippen LogP contribution < -0.4 is 0 Å². The molecule has 0 bridgehead atoms. The standard InChI is InChI=1S/C54H43N/c1-53(2)47-26-23-37(31-48(47)54(3,4)50-33-44-42-22-14-12-20-40(42)39-19-11-13-21-41(39)43(44)32-49(50)53)36-25-28-52-46(30-36)45-29-35(34-15-7-5-8-16-34)24-27-51(45)55(52)38-17-9-6-10-18-38/h5-33,47-48H,1-4H3. The van der Waals surface area contributed by atoms with Gasteiger partial charge in [-0.05, 0) is 137 Å². The quantitative estimate of drug-likeness (QED) is 0.161. The zero-order valence-electron chi connectivity index (χ0n) is 31.8. The van der Waals surface area contributed by atoms with Gasteiger partial charge in [0.2, 0.25) is 0 Å². The number of aromatic nitrogens is 1. The van der Waals surface area contributed by atoms with E-state index in [0.717, 1.165) is 0 Å². The highest BCUT2D eigenvalue weighted by Crippen LogP contribution is 2.57. The number of benzene rings is 8. The molecule has 2 atom stereocenters. The molecule has 0 saturated carbocycles. The van der Waals surface area contributed by atoms with E-state index in [2.05, 4.69) is 208 Å². The fraction of sp³-hybridized carbons (Fsp3) is 0.148. The maximum Gasteiger partial charge on any atom is 0.0541 e. The summed E-state index contributed by atoms with van der Waals surface area (Å²) in [6.45, 7) is 9.93. The van der Waals surface area contributed by atoms with E-state index < -0.39 is 0 Å². The summed E-state index contributed by atoms with van der Waals surface area (Å²) in [7, 11) is 0. The molecule has 0 amide bonds. The summed E-state index contributed by atoms with van der Waals surface area (Å²) < 4.78 is 2.42. The summed E-state index contributed by atoms with van der Waals surface area (Å²) in [4.78, 5) is 0. The summed E-state index contributed by atoms with van der Waals surface area (Å²) in [5, 5.41) is 10.6. The third-order valence-electron chi connectivity index (χ3n) is 13.4. The lowest BCUT2D eigenvalue weighted by Gasteiger charge is -2.53. The second-order valence-corrected chi connectivity index (χ2v) is 17.0. The molecule has 2 aliphatic carbocycles. The molecule has 2 aliphatic rings. The number of rotatable bonds is 3. The van der Waals surface area contributed by atoms with Crippen LogP contribution in [0.15, 0.2) is 176 Å². The Morgan fingerprint density at radius 2 is 0.873 bits per heavy atom. The molecule has 11 rings (SSSR count). The van der Waals surface area contributed by atoms with Crippen LogP contribution >= 0.6 is 0 Å². The first-order chi connectivity index (χ1) is 26.8. The molecule has 1 heteroatoms. The molecule has 0 N–H and O–H groups in total. The van der Waals surface area contributed by atoms with E-state index in [-0.39, 0.29) is 10.8 Å². The van der Waals surface area contributed by atoms with Gasteiger partial charge in [-0.25, -0.2) is 0 Å². The minimum atomic E-state index is -0.0789. The van der Waals surface area contributed by atoms with E-state index in [1.165, 1.54) is 93.2 Å². The highest BCUT2D eigenvalue weighted by Gasteiger charge is 2.50. The molecule has 8 aromatic carbocycles. The molecule has 0 spiro atoms. The van der Waals surface area contributed by atoms with Gasteiger partial charge < -0.3 is 4.57 Å². The Bertz CT molecular complexity index is 3080. The molecule has 1 nitrogen and oxygen atoms in total. The summed E-state index contributed by atoms with van der Waals surface area (Å²) >= 11 is 0. The summed E-state index contributed by atoms with van der Waals surface area (Å²) in [6, 6.07) is 58.7. The van der Waals surface area contributed by atoms with Gasteiger partial charge in [0.1, 0.15) is 0 Å². The topological polar surface area (TPSA) is 4.93 Å². The predicted octanol–water partition coefficient (Wildman–Crippen LogP) is 14.4. The zero-order valence-corrected chi connectivity index (χ0v) is 31.8. The van der Waals surface area contributed by atoms with Crippen LogP contribution in [0.1, 0.15) is 44.4 Å². The van der Waals surface area contributed by atoms with Gasteiger partial charge in [-0.3, -0.25) is 0 Å². The van der Waals surface area contributed by atoms with E-state index in [9.17, 15) is 0 Å². The van der Waals surface area contributed by atoms with Gasteiger partial charge in [0, 0.05) is 16.5 Å². The number of para-hydroxylation sites is 1. The average molecular weight is 706 g/mol. The predicted molar refractivity (Wildman–Crippen MR) is 235 cm³/mol. The van der Waals surface area contributed by atoms with E-state index in [1.807, 2.05) is 0 Å². The number of nitrogens with zero attached hydrogens (tertiary/aromatic N) is 1. The van der Waals surface area contributed by atoms with Crippen molar-refractivity contribution in [2.45, 2.75) is 38.5 Å². The summed E-state index contributed by atoms with van der Waals surface area (Å²) in [5.74, 6) is 0.713. The Morgan fingerprint density at radius 3 is 1.45 bits per heavy atom. The minimum absolute atomic E-state index is 0.0457. The first-order valence-corrected chi connectivity index (χ1v) is 19.8. The number of allylic oxidation sites excluding steroid dienone is 4. The second kappa shape index (κ2) is 11.7. The van der Waals surface area contributed by atoms with Crippen molar-refractivity contribution in [1.29, 1.82) is 0 Å². The van der Waals surface area contributed by atoms with Crippen molar-refractivity contribution in [3.05, 3.63) is 193 Å². The van der Waals surface area contributed by atoms with Crippen molar-refractivity contribution in [2.75, 3.05) is 0 Å². The highest BCUT2D eigenvalue weighted by molar-refractivity contribution is 6.25. The van der Waals surface area contributed by atoms with Crippen LogP contribution in [-0.4, -0.2) is 4.57 Å². The Hall–Kier alpha value is -6.18. The van der Waals surface area contributed by atoms with E-state index in [4.69, 9.17) is 0 Å². The Kier molecular flexibility index (Phi) is 6.84. The molecule has 1 heterocycles. The lowest BCUT2D eigenvalue weighted by atomic mass is 9.51. The van der Waals surface area contributed by atoms with E-state index in [0.29, 0.717) is 11.8 Å². The van der Waals surface area contributed by atoms with Gasteiger partial charge in [0.15, 0.2) is 0 Å². The smallest absolute Gasteiger partial charge is 0.0541 e. The van der Waals surface area contributed by atoms with E-state index >= 15 is 0 Å². The van der Waals surface area contributed by atoms with Crippen LogP contribution in [0.3, 0.4) is 0 Å². The average Bonchev–Trinajstić information content (AvgIpc) is 3.56. The molecule has 2 unspecified atom stereocenters. The molecule has 0 saturated heterocycles. The van der Waals surface area contributed by atoms with Gasteiger partial charge in [-0.2, -0.15) is 0 Å². The molecule has 55 heavy (non-hydrogen) atoms. The van der Waals surface area contributed by atoms with Crippen LogP contribution in [-0.2, 0) is 10.8 Å². The summed E-state index contributed by atoms with van der Waals surface area (Å²) in [5.41, 5.74) is 11.5. The summed E-state index contributed by atoms with van der Waals surface area (Å²) in [6.07, 6.45) is 7.57. The van der Waals surface area contributed by atoms with Crippen molar-refractivity contribution in [3.63, 3.8) is 0 Å². The Balaban J connectivity index is 1.09. The Labute approximate surface area is 322 Å². The molecular weight excluding hydrogens is 663 g/mol. The fourth-order valence-corrected chi connectivity index (χ4v) is 10.5. The monoisotopic (exact) mass is 705 g/mol. The van der Waals surface area contributed by atoms with Crippen molar-refractivity contribution < 1.29 is 0 Å². The second-order valence-electron chi connectivity index (χ2n) is 17.0. The van der Waals surface area contributed by atoms with Crippen molar-refractivity contribution in [2.24, 2.45) is 11.8 Å². The first kappa shape index (κ1) is 32.3. The van der Waals surface area contributed by atoms with Crippen LogP contribution in [0.4, 0.5) is 0 Å². The van der Waals surface area contributed by atoms with Gasteiger partial charge in [-0.1, -0.05) is 155 Å². The van der Waals surface area contributed by atoms with Crippen LogP contribution in [0, 0.1) is 11.8 Å². The molecule has 264 valence electrons. The number of fused-ring (bicyclic) bond motifs is 11. The zero-order chi connectivity index (χ0) is 37.1. The normalized spacial score (nSPS) is 18.5. The first-order valence-electron chi connectivity index (χ1n) is 19.8. The van der Waals surface area contributed by atoms with Crippen molar-refractivity contribution >= 4 is 59.7 Å². The Morgan fingerprint density at radius 1 is 0.400 bits per heavy atom. The van der Waals surface area contributed by atoms with Crippen LogP contribution in [0.2, 0.25) is 0 Å². The van der Waals surface area contributed by atoms with Crippen LogP contribution in [0.5, 0.6) is 0 Å². The number of hydrogen-bond acceptors (Lipinski definition) is 0. The molecule has 0 radical (unpaired) electrons. The van der Waals surface area contributed by atoms with Gasteiger partial charge in [0.05, 0.1) is 11.0 Å². The highest BCUT2D eigenvalue weighted by atomic mass is 15.0.